The van der Waals surface area contributed by atoms with Crippen LogP contribution in [0.3, 0.4) is 0 Å². The zero-order valence-electron chi connectivity index (χ0n) is 10.7. The standard InChI is InChI=1S/C15H19NO2/c1-3-6-13(16-9-4-2)12-7-5-8-14-15(12)18-11-10-17-14/h1,5,7-8,13,16H,4,6,9-11H2,2H3. The van der Waals surface area contributed by atoms with Crippen LogP contribution in [0.5, 0.6) is 11.5 Å². The number of benzene rings is 1. The fourth-order valence-electron chi connectivity index (χ4n) is 2.10. The number of ether oxygens (including phenoxy) is 2. The third-order valence-corrected chi connectivity index (χ3v) is 2.93. The molecule has 96 valence electrons. The zero-order valence-corrected chi connectivity index (χ0v) is 10.7. The molecule has 0 fully saturated rings. The third-order valence-electron chi connectivity index (χ3n) is 2.93. The van der Waals surface area contributed by atoms with E-state index >= 15 is 0 Å². The summed E-state index contributed by atoms with van der Waals surface area (Å²) in [7, 11) is 0. The number of para-hydroxylation sites is 1. The van der Waals surface area contributed by atoms with E-state index in [2.05, 4.69) is 24.2 Å². The van der Waals surface area contributed by atoms with Gasteiger partial charge in [0.25, 0.3) is 0 Å². The molecule has 1 aliphatic rings. The van der Waals surface area contributed by atoms with Crippen LogP contribution in [0.2, 0.25) is 0 Å². The van der Waals surface area contributed by atoms with Gasteiger partial charge in [-0.1, -0.05) is 19.1 Å². The van der Waals surface area contributed by atoms with Gasteiger partial charge in [0.15, 0.2) is 11.5 Å². The second kappa shape index (κ2) is 6.32. The van der Waals surface area contributed by atoms with Gasteiger partial charge in [-0.3, -0.25) is 0 Å². The topological polar surface area (TPSA) is 30.5 Å². The molecule has 18 heavy (non-hydrogen) atoms. The summed E-state index contributed by atoms with van der Waals surface area (Å²) in [5, 5.41) is 3.46. The Hall–Kier alpha value is -1.66. The maximum atomic E-state index is 5.73. The van der Waals surface area contributed by atoms with E-state index in [1.807, 2.05) is 12.1 Å². The lowest BCUT2D eigenvalue weighted by molar-refractivity contribution is 0.168. The minimum absolute atomic E-state index is 0.131. The molecule has 0 spiro atoms. The van der Waals surface area contributed by atoms with Crippen LogP contribution in [0.4, 0.5) is 0 Å². The zero-order chi connectivity index (χ0) is 12.8. The molecule has 0 aliphatic carbocycles. The molecule has 2 rings (SSSR count). The summed E-state index contributed by atoms with van der Waals surface area (Å²) >= 11 is 0. The van der Waals surface area contributed by atoms with Gasteiger partial charge < -0.3 is 14.8 Å². The number of terminal acetylenes is 1. The maximum Gasteiger partial charge on any atom is 0.166 e. The van der Waals surface area contributed by atoms with Gasteiger partial charge in [-0.05, 0) is 19.0 Å². The van der Waals surface area contributed by atoms with Crippen LogP contribution in [0.25, 0.3) is 0 Å². The Bertz CT molecular complexity index is 437. The van der Waals surface area contributed by atoms with Crippen molar-refractivity contribution < 1.29 is 9.47 Å². The highest BCUT2D eigenvalue weighted by molar-refractivity contribution is 5.49. The minimum Gasteiger partial charge on any atom is -0.486 e. The van der Waals surface area contributed by atoms with Gasteiger partial charge >= 0.3 is 0 Å². The summed E-state index contributed by atoms with van der Waals surface area (Å²) in [5.41, 5.74) is 1.10. The molecule has 0 amide bonds. The lowest BCUT2D eigenvalue weighted by Gasteiger charge is -2.25. The molecule has 1 N–H and O–H groups in total. The predicted molar refractivity (Wildman–Crippen MR) is 71.9 cm³/mol. The third kappa shape index (κ3) is 2.77. The van der Waals surface area contributed by atoms with Crippen molar-refractivity contribution in [2.45, 2.75) is 25.8 Å². The maximum absolute atomic E-state index is 5.73. The van der Waals surface area contributed by atoms with E-state index in [0.29, 0.717) is 19.6 Å². The number of nitrogens with one attached hydrogen (secondary N) is 1. The quantitative estimate of drug-likeness (QED) is 0.809. The van der Waals surface area contributed by atoms with Crippen molar-refractivity contribution >= 4 is 0 Å². The van der Waals surface area contributed by atoms with E-state index in [4.69, 9.17) is 15.9 Å². The Morgan fingerprint density at radius 1 is 1.39 bits per heavy atom. The largest absolute Gasteiger partial charge is 0.486 e. The molecule has 1 unspecified atom stereocenters. The summed E-state index contributed by atoms with van der Waals surface area (Å²) in [5.74, 6) is 4.38. The van der Waals surface area contributed by atoms with Crippen LogP contribution >= 0.6 is 0 Å². The Morgan fingerprint density at radius 3 is 3.00 bits per heavy atom. The van der Waals surface area contributed by atoms with Crippen LogP contribution in [0, 0.1) is 12.3 Å². The fourth-order valence-corrected chi connectivity index (χ4v) is 2.10. The number of rotatable bonds is 5. The summed E-state index contributed by atoms with van der Waals surface area (Å²) in [4.78, 5) is 0. The van der Waals surface area contributed by atoms with Gasteiger partial charge in [0.05, 0.1) is 0 Å². The number of hydrogen-bond donors (Lipinski definition) is 1. The number of hydrogen-bond acceptors (Lipinski definition) is 3. The van der Waals surface area contributed by atoms with Crippen LogP contribution < -0.4 is 14.8 Å². The molecule has 0 saturated heterocycles. The molecular formula is C15H19NO2. The molecule has 1 atom stereocenters. The first-order valence-electron chi connectivity index (χ1n) is 6.42. The van der Waals surface area contributed by atoms with Crippen molar-refractivity contribution in [3.05, 3.63) is 23.8 Å². The Morgan fingerprint density at radius 2 is 2.22 bits per heavy atom. The lowest BCUT2D eigenvalue weighted by Crippen LogP contribution is -2.24. The van der Waals surface area contributed by atoms with Gasteiger partial charge in [-0.2, -0.15) is 0 Å². The second-order valence-corrected chi connectivity index (χ2v) is 4.29. The summed E-state index contributed by atoms with van der Waals surface area (Å²) < 4.78 is 11.3. The molecular weight excluding hydrogens is 226 g/mol. The lowest BCUT2D eigenvalue weighted by atomic mass is 10.0. The van der Waals surface area contributed by atoms with Crippen LogP contribution in [-0.4, -0.2) is 19.8 Å². The van der Waals surface area contributed by atoms with E-state index < -0.39 is 0 Å². The minimum atomic E-state index is 0.131. The Balaban J connectivity index is 2.26. The molecule has 0 bridgehead atoms. The molecule has 1 aromatic carbocycles. The van der Waals surface area contributed by atoms with Crippen molar-refractivity contribution in [3.8, 4) is 23.8 Å². The van der Waals surface area contributed by atoms with Crippen molar-refractivity contribution in [3.63, 3.8) is 0 Å². The summed E-state index contributed by atoms with van der Waals surface area (Å²) in [6, 6.07) is 6.11. The van der Waals surface area contributed by atoms with Crippen LogP contribution in [0.15, 0.2) is 18.2 Å². The summed E-state index contributed by atoms with van der Waals surface area (Å²) in [6.45, 7) is 4.29. The Labute approximate surface area is 108 Å². The van der Waals surface area contributed by atoms with Crippen LogP contribution in [-0.2, 0) is 0 Å². The fraction of sp³-hybridized carbons (Fsp3) is 0.467. The molecule has 1 aromatic rings. The van der Waals surface area contributed by atoms with Gasteiger partial charge in [-0.25, -0.2) is 0 Å². The smallest absolute Gasteiger partial charge is 0.166 e. The van der Waals surface area contributed by atoms with Crippen molar-refractivity contribution in [1.82, 2.24) is 5.32 Å². The van der Waals surface area contributed by atoms with Gasteiger partial charge in [-0.15, -0.1) is 12.3 Å². The molecule has 1 aliphatic heterocycles. The normalized spacial score (nSPS) is 14.9. The molecule has 3 nitrogen and oxygen atoms in total. The van der Waals surface area contributed by atoms with Crippen molar-refractivity contribution in [2.24, 2.45) is 0 Å². The SMILES string of the molecule is C#CCC(NCCC)c1cccc2c1OCCO2. The second-order valence-electron chi connectivity index (χ2n) is 4.29. The Kier molecular flexibility index (Phi) is 4.49. The first-order chi connectivity index (χ1) is 8.86. The van der Waals surface area contributed by atoms with Gasteiger partial charge in [0.2, 0.25) is 0 Å². The van der Waals surface area contributed by atoms with E-state index in [9.17, 15) is 0 Å². The van der Waals surface area contributed by atoms with Gasteiger partial charge in [0.1, 0.15) is 13.2 Å². The van der Waals surface area contributed by atoms with Gasteiger partial charge in [0, 0.05) is 18.0 Å². The van der Waals surface area contributed by atoms with Crippen LogP contribution in [0.1, 0.15) is 31.4 Å². The number of fused-ring (bicyclic) bond motifs is 1. The molecule has 0 aromatic heterocycles. The summed E-state index contributed by atoms with van der Waals surface area (Å²) in [6.07, 6.45) is 7.18. The first-order valence-corrected chi connectivity index (χ1v) is 6.42. The van der Waals surface area contributed by atoms with Crippen molar-refractivity contribution in [2.75, 3.05) is 19.8 Å². The average Bonchev–Trinajstić information content (AvgIpc) is 2.43. The highest BCUT2D eigenvalue weighted by atomic mass is 16.6. The first kappa shape index (κ1) is 12.8. The van der Waals surface area contributed by atoms with E-state index in [0.717, 1.165) is 30.0 Å². The molecule has 1 heterocycles. The average molecular weight is 245 g/mol. The van der Waals surface area contributed by atoms with E-state index in [1.54, 1.807) is 0 Å². The molecule has 0 saturated carbocycles. The predicted octanol–water partition coefficient (Wildman–Crippen LogP) is 2.52. The monoisotopic (exact) mass is 245 g/mol. The van der Waals surface area contributed by atoms with Crippen molar-refractivity contribution in [1.29, 1.82) is 0 Å². The highest BCUT2D eigenvalue weighted by Crippen LogP contribution is 2.37. The highest BCUT2D eigenvalue weighted by Gasteiger charge is 2.20. The van der Waals surface area contributed by atoms with E-state index in [-0.39, 0.29) is 6.04 Å². The molecule has 0 radical (unpaired) electrons. The van der Waals surface area contributed by atoms with E-state index in [1.165, 1.54) is 0 Å². The molecule has 3 heteroatoms.